The summed E-state index contributed by atoms with van der Waals surface area (Å²) in [6.07, 6.45) is 1.93. The predicted octanol–water partition coefficient (Wildman–Crippen LogP) is 3.28. The molecule has 0 aliphatic carbocycles. The van der Waals surface area contributed by atoms with Crippen molar-refractivity contribution >= 4 is 5.91 Å². The zero-order valence-electron chi connectivity index (χ0n) is 15.2. The molecule has 1 unspecified atom stereocenters. The zero-order valence-corrected chi connectivity index (χ0v) is 15.2. The van der Waals surface area contributed by atoms with Crippen molar-refractivity contribution < 1.29 is 14.6 Å². The second kappa shape index (κ2) is 8.12. The summed E-state index contributed by atoms with van der Waals surface area (Å²) in [4.78, 5) is 16.9. The number of pyridine rings is 1. The number of aromatic nitrogens is 1. The maximum atomic E-state index is 12.5. The molecule has 0 aliphatic heterocycles. The van der Waals surface area contributed by atoms with Gasteiger partial charge in [-0.3, -0.25) is 9.78 Å². The highest BCUT2D eigenvalue weighted by atomic mass is 16.5. The van der Waals surface area contributed by atoms with E-state index >= 15 is 0 Å². The molecule has 134 valence electrons. The van der Waals surface area contributed by atoms with Gasteiger partial charge in [0.15, 0.2) is 0 Å². The summed E-state index contributed by atoms with van der Waals surface area (Å²) in [7, 11) is 1.60. The van der Waals surface area contributed by atoms with Crippen LogP contribution in [0.15, 0.2) is 42.6 Å². The van der Waals surface area contributed by atoms with E-state index in [4.69, 9.17) is 4.74 Å². The van der Waals surface area contributed by atoms with E-state index in [1.807, 2.05) is 32.0 Å². The molecule has 0 saturated carbocycles. The summed E-state index contributed by atoms with van der Waals surface area (Å²) in [5, 5.41) is 12.5. The topological polar surface area (TPSA) is 71.5 Å². The van der Waals surface area contributed by atoms with Crippen LogP contribution in [0.2, 0.25) is 0 Å². The van der Waals surface area contributed by atoms with Gasteiger partial charge in [0.2, 0.25) is 0 Å². The molecule has 5 heteroatoms. The number of aliphatic hydroxyl groups is 1. The number of benzene rings is 1. The van der Waals surface area contributed by atoms with E-state index in [0.717, 1.165) is 11.3 Å². The van der Waals surface area contributed by atoms with E-state index in [9.17, 15) is 9.90 Å². The highest BCUT2D eigenvalue weighted by Crippen LogP contribution is 2.29. The molecular weight excluding hydrogens is 316 g/mol. The van der Waals surface area contributed by atoms with Crippen LogP contribution in [0.5, 0.6) is 5.75 Å². The van der Waals surface area contributed by atoms with Crippen LogP contribution in [-0.2, 0) is 0 Å². The van der Waals surface area contributed by atoms with Crippen molar-refractivity contribution in [2.75, 3.05) is 13.7 Å². The molecule has 0 spiro atoms. The van der Waals surface area contributed by atoms with Crippen molar-refractivity contribution in [2.45, 2.75) is 33.3 Å². The van der Waals surface area contributed by atoms with E-state index < -0.39 is 6.10 Å². The van der Waals surface area contributed by atoms with Crippen molar-refractivity contribution in [3.8, 4) is 17.0 Å². The lowest BCUT2D eigenvalue weighted by Gasteiger charge is -2.26. The van der Waals surface area contributed by atoms with Gasteiger partial charge >= 0.3 is 0 Å². The largest absolute Gasteiger partial charge is 0.496 e. The van der Waals surface area contributed by atoms with Gasteiger partial charge < -0.3 is 15.2 Å². The maximum Gasteiger partial charge on any atom is 0.251 e. The molecule has 1 heterocycles. The van der Waals surface area contributed by atoms with Crippen LogP contribution in [0.4, 0.5) is 0 Å². The lowest BCUT2D eigenvalue weighted by Crippen LogP contribution is -2.35. The van der Waals surface area contributed by atoms with E-state index in [0.29, 0.717) is 24.3 Å². The molecule has 1 amide bonds. The van der Waals surface area contributed by atoms with Crippen LogP contribution in [-0.4, -0.2) is 35.8 Å². The average Bonchev–Trinajstić information content (AvgIpc) is 2.59. The molecule has 2 rings (SSSR count). The van der Waals surface area contributed by atoms with E-state index in [1.165, 1.54) is 0 Å². The van der Waals surface area contributed by atoms with Crippen molar-refractivity contribution in [3.63, 3.8) is 0 Å². The van der Waals surface area contributed by atoms with Gasteiger partial charge in [-0.15, -0.1) is 0 Å². The molecule has 0 fully saturated rings. The summed E-state index contributed by atoms with van der Waals surface area (Å²) >= 11 is 0. The van der Waals surface area contributed by atoms with Gasteiger partial charge in [0, 0.05) is 23.9 Å². The number of hydrogen-bond donors (Lipinski definition) is 2. The highest BCUT2D eigenvalue weighted by molar-refractivity contribution is 5.96. The number of hydrogen-bond acceptors (Lipinski definition) is 4. The summed E-state index contributed by atoms with van der Waals surface area (Å²) in [6, 6.07) is 10.9. The lowest BCUT2D eigenvalue weighted by atomic mass is 9.87. The third kappa shape index (κ3) is 5.29. The Bertz CT molecular complexity index is 712. The number of nitrogens with zero attached hydrogens (tertiary/aromatic N) is 1. The van der Waals surface area contributed by atoms with Crippen LogP contribution in [0.25, 0.3) is 11.3 Å². The fourth-order valence-corrected chi connectivity index (χ4v) is 2.86. The number of amides is 1. The Balaban J connectivity index is 2.18. The standard InChI is InChI=1S/C20H26N2O3/c1-14(23)12-20(2,3)13-22-19(24)15-8-9-18(25-4)16(11-15)17-7-5-6-10-21-17/h5-11,14,23H,12-13H2,1-4H3,(H,22,24). The Kier molecular flexibility index (Phi) is 6.15. The minimum Gasteiger partial charge on any atom is -0.496 e. The van der Waals surface area contributed by atoms with Crippen molar-refractivity contribution in [2.24, 2.45) is 5.41 Å². The quantitative estimate of drug-likeness (QED) is 0.810. The SMILES string of the molecule is COc1ccc(C(=O)NCC(C)(C)CC(C)O)cc1-c1ccccn1. The van der Waals surface area contributed by atoms with Gasteiger partial charge in [-0.1, -0.05) is 19.9 Å². The smallest absolute Gasteiger partial charge is 0.251 e. The van der Waals surface area contributed by atoms with Crippen LogP contribution < -0.4 is 10.1 Å². The number of carbonyl (C=O) groups is 1. The van der Waals surface area contributed by atoms with Gasteiger partial charge in [0.25, 0.3) is 5.91 Å². The Labute approximate surface area is 149 Å². The number of rotatable bonds is 7. The molecule has 1 aromatic heterocycles. The van der Waals surface area contributed by atoms with Crippen LogP contribution in [0, 0.1) is 5.41 Å². The minimum atomic E-state index is -0.399. The molecule has 2 N–H and O–H groups in total. The van der Waals surface area contributed by atoms with Gasteiger partial charge in [-0.05, 0) is 49.1 Å². The first kappa shape index (κ1) is 18.9. The minimum absolute atomic E-state index is 0.154. The van der Waals surface area contributed by atoms with E-state index in [-0.39, 0.29) is 11.3 Å². The van der Waals surface area contributed by atoms with Gasteiger partial charge in [-0.25, -0.2) is 0 Å². The number of nitrogens with one attached hydrogen (secondary N) is 1. The van der Waals surface area contributed by atoms with Crippen molar-refractivity contribution in [1.29, 1.82) is 0 Å². The van der Waals surface area contributed by atoms with E-state index in [2.05, 4.69) is 10.3 Å². The molecule has 0 aliphatic rings. The Morgan fingerprint density at radius 3 is 2.68 bits per heavy atom. The molecule has 0 radical (unpaired) electrons. The van der Waals surface area contributed by atoms with Crippen molar-refractivity contribution in [1.82, 2.24) is 10.3 Å². The Morgan fingerprint density at radius 1 is 1.32 bits per heavy atom. The second-order valence-corrected chi connectivity index (χ2v) is 7.03. The van der Waals surface area contributed by atoms with Crippen LogP contribution in [0.3, 0.4) is 0 Å². The van der Waals surface area contributed by atoms with Gasteiger partial charge in [0.1, 0.15) is 5.75 Å². The Morgan fingerprint density at radius 2 is 2.08 bits per heavy atom. The van der Waals surface area contributed by atoms with E-state index in [1.54, 1.807) is 38.4 Å². The monoisotopic (exact) mass is 342 g/mol. The predicted molar refractivity (Wildman–Crippen MR) is 98.6 cm³/mol. The first-order chi connectivity index (χ1) is 11.8. The summed E-state index contributed by atoms with van der Waals surface area (Å²) < 4.78 is 5.39. The highest BCUT2D eigenvalue weighted by Gasteiger charge is 2.22. The second-order valence-electron chi connectivity index (χ2n) is 7.03. The number of methoxy groups -OCH3 is 1. The third-order valence-electron chi connectivity index (χ3n) is 3.98. The number of carbonyl (C=O) groups excluding carboxylic acids is 1. The van der Waals surface area contributed by atoms with Crippen molar-refractivity contribution in [3.05, 3.63) is 48.2 Å². The molecule has 1 aromatic carbocycles. The fourth-order valence-electron chi connectivity index (χ4n) is 2.86. The van der Waals surface area contributed by atoms with Crippen LogP contribution >= 0.6 is 0 Å². The molecule has 1 atom stereocenters. The molecule has 2 aromatic rings. The molecule has 25 heavy (non-hydrogen) atoms. The molecule has 5 nitrogen and oxygen atoms in total. The van der Waals surface area contributed by atoms with Crippen LogP contribution in [0.1, 0.15) is 37.6 Å². The number of aliphatic hydroxyl groups excluding tert-OH is 1. The normalized spacial score (nSPS) is 12.5. The summed E-state index contributed by atoms with van der Waals surface area (Å²) in [5.74, 6) is 0.517. The average molecular weight is 342 g/mol. The first-order valence-corrected chi connectivity index (χ1v) is 8.38. The molecule has 0 saturated heterocycles. The maximum absolute atomic E-state index is 12.5. The first-order valence-electron chi connectivity index (χ1n) is 8.38. The molecule has 0 bridgehead atoms. The van der Waals surface area contributed by atoms with Gasteiger partial charge in [-0.2, -0.15) is 0 Å². The lowest BCUT2D eigenvalue weighted by molar-refractivity contribution is 0.0902. The van der Waals surface area contributed by atoms with Gasteiger partial charge in [0.05, 0.1) is 18.9 Å². The third-order valence-corrected chi connectivity index (χ3v) is 3.98. The summed E-state index contributed by atoms with van der Waals surface area (Å²) in [5.41, 5.74) is 1.90. The Hall–Kier alpha value is -2.40. The fraction of sp³-hybridized carbons (Fsp3) is 0.400. The molecular formula is C20H26N2O3. The zero-order chi connectivity index (χ0) is 18.4. The summed E-state index contributed by atoms with van der Waals surface area (Å²) in [6.45, 7) is 6.29. The number of ether oxygens (including phenoxy) is 1.